The highest BCUT2D eigenvalue weighted by Gasteiger charge is 2.65. The maximum absolute atomic E-state index is 11.5. The molecule has 0 spiro atoms. The van der Waals surface area contributed by atoms with Gasteiger partial charge in [-0.3, -0.25) is 4.79 Å². The number of aliphatic hydroxyl groups is 2. The van der Waals surface area contributed by atoms with Crippen LogP contribution in [0.15, 0.2) is 0 Å². The number of fused-ring (bicyclic) bond motifs is 5. The van der Waals surface area contributed by atoms with Gasteiger partial charge < -0.3 is 15.3 Å². The fourth-order valence-corrected chi connectivity index (χ4v) is 9.58. The van der Waals surface area contributed by atoms with Gasteiger partial charge in [0.15, 0.2) is 0 Å². The van der Waals surface area contributed by atoms with Crippen LogP contribution in [0.1, 0.15) is 78.6 Å². The van der Waals surface area contributed by atoms with Crippen LogP contribution < -0.4 is 0 Å². The van der Waals surface area contributed by atoms with Gasteiger partial charge in [0.25, 0.3) is 0 Å². The minimum absolute atomic E-state index is 0.191. The summed E-state index contributed by atoms with van der Waals surface area (Å²) in [6, 6.07) is 0. The average Bonchev–Trinajstić information content (AvgIpc) is 3.01. The molecule has 4 saturated carbocycles. The first-order valence-electron chi connectivity index (χ1n) is 11.8. The van der Waals surface area contributed by atoms with Crippen LogP contribution in [0.5, 0.6) is 0 Å². The molecule has 0 unspecified atom stereocenters. The molecule has 0 amide bonds. The van der Waals surface area contributed by atoms with E-state index in [2.05, 4.69) is 43.4 Å². The monoisotopic (exact) mass is 518 g/mol. The molecule has 4 nitrogen and oxygen atoms in total. The van der Waals surface area contributed by atoms with Gasteiger partial charge in [-0.25, -0.2) is 0 Å². The molecule has 0 heterocycles. The van der Waals surface area contributed by atoms with Gasteiger partial charge in [-0.1, -0.05) is 43.4 Å². The molecule has 29 heavy (non-hydrogen) atoms. The average molecular weight is 518 g/mol. The summed E-state index contributed by atoms with van der Waals surface area (Å²) in [6.07, 6.45) is 7.89. The lowest BCUT2D eigenvalue weighted by molar-refractivity contribution is -0.200. The lowest BCUT2D eigenvalue weighted by Crippen LogP contribution is -2.62. The zero-order chi connectivity index (χ0) is 21.1. The first kappa shape index (κ1) is 22.3. The molecule has 4 fully saturated rings. The normalized spacial score (nSPS) is 52.9. The van der Waals surface area contributed by atoms with Crippen LogP contribution in [0.4, 0.5) is 0 Å². The number of hydrogen-bond acceptors (Lipinski definition) is 3. The second kappa shape index (κ2) is 7.91. The third-order valence-corrected chi connectivity index (χ3v) is 11.4. The van der Waals surface area contributed by atoms with Crippen molar-refractivity contribution in [3.05, 3.63) is 0 Å². The summed E-state index contributed by atoms with van der Waals surface area (Å²) in [5.74, 6) is 1.58. The first-order valence-corrected chi connectivity index (χ1v) is 13.1. The van der Waals surface area contributed by atoms with Gasteiger partial charge >= 0.3 is 5.97 Å². The number of alkyl halides is 1. The smallest absolute Gasteiger partial charge is 0.303 e. The summed E-state index contributed by atoms with van der Waals surface area (Å²) in [6.45, 7) is 6.90. The SMILES string of the molecule is C[C@H](CCC(=O)O)[C@H]1CC[C@H]2[C@@H]3[C@H](O)C[C@@H]4C[C@H](I)CC[C@]4(C)[C@H]3C[C@H](O)[C@]12C. The molecular weight excluding hydrogens is 479 g/mol. The van der Waals surface area contributed by atoms with Crippen molar-refractivity contribution in [1.29, 1.82) is 0 Å². The molecule has 4 aliphatic rings. The highest BCUT2D eigenvalue weighted by Crippen LogP contribution is 2.68. The molecular formula is C24H39IO4. The minimum Gasteiger partial charge on any atom is -0.481 e. The quantitative estimate of drug-likeness (QED) is 0.366. The largest absolute Gasteiger partial charge is 0.481 e. The molecule has 0 aromatic heterocycles. The van der Waals surface area contributed by atoms with Gasteiger partial charge in [0, 0.05) is 10.3 Å². The number of rotatable bonds is 4. The van der Waals surface area contributed by atoms with Gasteiger partial charge in [0.2, 0.25) is 0 Å². The Morgan fingerprint density at radius 3 is 2.52 bits per heavy atom. The molecule has 11 atom stereocenters. The Bertz CT molecular complexity index is 640. The predicted octanol–water partition coefficient (Wildman–Crippen LogP) is 4.89. The molecule has 0 aromatic carbocycles. The lowest BCUT2D eigenvalue weighted by Gasteiger charge is -2.63. The Morgan fingerprint density at radius 2 is 1.83 bits per heavy atom. The highest BCUT2D eigenvalue weighted by molar-refractivity contribution is 14.1. The summed E-state index contributed by atoms with van der Waals surface area (Å²) in [5.41, 5.74) is 0.0601. The Kier molecular flexibility index (Phi) is 6.09. The summed E-state index contributed by atoms with van der Waals surface area (Å²) in [7, 11) is 0. The summed E-state index contributed by atoms with van der Waals surface area (Å²) >= 11 is 2.59. The first-order chi connectivity index (χ1) is 13.6. The Labute approximate surface area is 189 Å². The summed E-state index contributed by atoms with van der Waals surface area (Å²) in [4.78, 5) is 11.1. The predicted molar refractivity (Wildman–Crippen MR) is 122 cm³/mol. The topological polar surface area (TPSA) is 77.8 Å². The molecule has 4 aliphatic carbocycles. The van der Waals surface area contributed by atoms with Crippen molar-refractivity contribution in [1.82, 2.24) is 0 Å². The van der Waals surface area contributed by atoms with Crippen LogP contribution in [0.25, 0.3) is 0 Å². The van der Waals surface area contributed by atoms with Crippen LogP contribution >= 0.6 is 22.6 Å². The van der Waals surface area contributed by atoms with Crippen LogP contribution in [0, 0.1) is 46.3 Å². The zero-order valence-electron chi connectivity index (χ0n) is 18.2. The van der Waals surface area contributed by atoms with E-state index in [0.29, 0.717) is 41.9 Å². The second-order valence-corrected chi connectivity index (χ2v) is 13.1. The van der Waals surface area contributed by atoms with E-state index in [1.807, 2.05) is 0 Å². The van der Waals surface area contributed by atoms with Crippen molar-refractivity contribution in [3.63, 3.8) is 0 Å². The molecule has 5 heteroatoms. The van der Waals surface area contributed by atoms with E-state index in [-0.39, 0.29) is 29.5 Å². The fourth-order valence-electron chi connectivity index (χ4n) is 8.65. The zero-order valence-corrected chi connectivity index (χ0v) is 20.3. The third kappa shape index (κ3) is 3.49. The van der Waals surface area contributed by atoms with Gasteiger partial charge in [-0.05, 0) is 97.7 Å². The van der Waals surface area contributed by atoms with E-state index in [0.717, 1.165) is 29.6 Å². The van der Waals surface area contributed by atoms with Crippen molar-refractivity contribution in [3.8, 4) is 0 Å². The summed E-state index contributed by atoms with van der Waals surface area (Å²) in [5, 5.41) is 32.0. The minimum atomic E-state index is -0.728. The van der Waals surface area contributed by atoms with Crippen molar-refractivity contribution in [2.45, 2.75) is 94.7 Å². The van der Waals surface area contributed by atoms with E-state index >= 15 is 0 Å². The van der Waals surface area contributed by atoms with Crippen LogP contribution in [-0.4, -0.2) is 37.4 Å². The van der Waals surface area contributed by atoms with Crippen molar-refractivity contribution in [2.75, 3.05) is 0 Å². The number of hydrogen-bond donors (Lipinski definition) is 3. The van der Waals surface area contributed by atoms with Gasteiger partial charge in [-0.15, -0.1) is 0 Å². The van der Waals surface area contributed by atoms with Crippen molar-refractivity contribution < 1.29 is 20.1 Å². The van der Waals surface area contributed by atoms with Gasteiger partial charge in [0.1, 0.15) is 0 Å². The van der Waals surface area contributed by atoms with Crippen molar-refractivity contribution in [2.24, 2.45) is 46.3 Å². The van der Waals surface area contributed by atoms with Crippen molar-refractivity contribution >= 4 is 28.6 Å². The number of carboxylic acids is 1. The Morgan fingerprint density at radius 1 is 1.10 bits per heavy atom. The standard InChI is InChI=1S/C24H39IO4/c1-13(4-7-21(28)29)16-5-6-17-22-18(12-20(27)24(16,17)3)23(2)9-8-15(25)10-14(23)11-19(22)26/h13-20,22,26-27H,4-12H2,1-3H3,(H,28,29)/t13-,14+,15-,16-,17+,18+,19-,20+,22+,23+,24-/m1/s1. The molecule has 0 aliphatic heterocycles. The fraction of sp³-hybridized carbons (Fsp3) is 0.958. The number of carbonyl (C=O) groups is 1. The van der Waals surface area contributed by atoms with Gasteiger partial charge in [-0.2, -0.15) is 0 Å². The third-order valence-electron chi connectivity index (χ3n) is 10.3. The molecule has 0 saturated heterocycles. The maximum Gasteiger partial charge on any atom is 0.303 e. The molecule has 0 bridgehead atoms. The van der Waals surface area contributed by atoms with Gasteiger partial charge in [0.05, 0.1) is 12.2 Å². The number of aliphatic hydroxyl groups excluding tert-OH is 2. The van der Waals surface area contributed by atoms with E-state index in [4.69, 9.17) is 5.11 Å². The molecule has 4 rings (SSSR count). The number of halogens is 1. The molecule has 166 valence electrons. The van der Waals surface area contributed by atoms with E-state index in [9.17, 15) is 15.0 Å². The Hall–Kier alpha value is 0.120. The highest BCUT2D eigenvalue weighted by atomic mass is 127. The molecule has 0 aromatic rings. The second-order valence-electron chi connectivity index (χ2n) is 11.4. The molecule has 3 N–H and O–H groups in total. The van der Waals surface area contributed by atoms with E-state index in [1.54, 1.807) is 0 Å². The summed E-state index contributed by atoms with van der Waals surface area (Å²) < 4.78 is 0.721. The van der Waals surface area contributed by atoms with E-state index in [1.165, 1.54) is 19.3 Å². The van der Waals surface area contributed by atoms with E-state index < -0.39 is 5.97 Å². The Balaban J connectivity index is 1.61. The lowest BCUT2D eigenvalue weighted by atomic mass is 9.43. The van der Waals surface area contributed by atoms with Crippen LogP contribution in [0.3, 0.4) is 0 Å². The van der Waals surface area contributed by atoms with Crippen LogP contribution in [-0.2, 0) is 4.79 Å². The molecule has 0 radical (unpaired) electrons. The number of carboxylic acid groups (broad SMARTS) is 1. The van der Waals surface area contributed by atoms with Crippen LogP contribution in [0.2, 0.25) is 0 Å². The number of aliphatic carboxylic acids is 1. The maximum atomic E-state index is 11.5.